The highest BCUT2D eigenvalue weighted by Gasteiger charge is 2.39. The van der Waals surface area contributed by atoms with Gasteiger partial charge in [-0.3, -0.25) is 52.7 Å². The first kappa shape index (κ1) is 71.2. The standard InChI is InChI=1S/C50H73N17O11S.C2HF3O2/c1-25(2)13-34(46(74)63-33(43(53)71)11-12-79-6)64-47(75)36(15-29-20-54-23-58-29)62-41(70)22-57-50(78)42(26(3)4)67-44(72)27(5)60-45(73)35(14-28-19-56-32-10-8-7-9-31(28)32)65-48(76)37(16-30-21-55-24-59-30)66-49(77)38(17-39(52)68)61-40(69)18-51;3-2(4,5)1(6)7/h7-10,19-21,23-27,33-38,42,56H,11-18,22,51H2,1-6H3,(H2,52,68)(H2,53,71)(H,54,58)(H,55,59)(H,57,78)(H,60,73)(H,61,69)(H,62,70)(H,63,74)(H,64,75)(H,65,76)(H,66,77)(H,67,72);(H,6,7)/t27-,33-,34-,35-,36-,37-,38-,42-;/m0./s1. The molecule has 4 rings (SSSR count). The number of carboxylic acid groups (broad SMARTS) is 1. The third-order valence-electron chi connectivity index (χ3n) is 12.5. The van der Waals surface area contributed by atoms with Crippen LogP contribution >= 0.6 is 11.8 Å². The lowest BCUT2D eigenvalue weighted by atomic mass is 10.0. The van der Waals surface area contributed by atoms with Crippen molar-refractivity contribution >= 4 is 93.6 Å². The van der Waals surface area contributed by atoms with Gasteiger partial charge in [-0.15, -0.1) is 0 Å². The van der Waals surface area contributed by atoms with Gasteiger partial charge in [-0.1, -0.05) is 45.9 Å². The zero-order chi connectivity index (χ0) is 64.4. The second-order valence-electron chi connectivity index (χ2n) is 20.3. The number of thioether (sulfide) groups is 1. The van der Waals surface area contributed by atoms with Crippen LogP contribution in [0.25, 0.3) is 10.9 Å². The molecule has 0 fully saturated rings. The van der Waals surface area contributed by atoms with Crippen molar-refractivity contribution in [3.05, 3.63) is 72.5 Å². The van der Waals surface area contributed by atoms with Crippen LogP contribution in [0.3, 0.4) is 0 Å². The fourth-order valence-electron chi connectivity index (χ4n) is 8.07. The average Bonchev–Trinajstić information content (AvgIpc) is 2.71. The zero-order valence-corrected chi connectivity index (χ0v) is 48.7. The summed E-state index contributed by atoms with van der Waals surface area (Å²) in [5.74, 6) is -11.8. The number of imidazole rings is 2. The molecule has 3 heterocycles. The minimum atomic E-state index is -5.08. The van der Waals surface area contributed by atoms with Crippen molar-refractivity contribution in [1.82, 2.24) is 72.8 Å². The summed E-state index contributed by atoms with van der Waals surface area (Å²) in [6, 6.07) is -3.17. The van der Waals surface area contributed by atoms with Crippen LogP contribution in [0.5, 0.6) is 0 Å². The minimum Gasteiger partial charge on any atom is -0.475 e. The number of aromatic amines is 3. The SMILES string of the molecule is CSCC[C@H](NC(=O)[C@H](CC(C)C)NC(=O)[C@H](Cc1cnc[nH]1)NC(=O)CNC(=O)[C@@H](NC(=O)[C@H](C)NC(=O)[C@H](Cc1c[nH]c2ccccc12)NC(=O)[C@H](Cc1cnc[nH]1)NC(=O)[C@H](CC(N)=O)NC(=O)CN)C(C)C)C(N)=O.O=C(O)C(F)(F)F. The Kier molecular flexibility index (Phi) is 28.7. The number of benzene rings is 1. The summed E-state index contributed by atoms with van der Waals surface area (Å²) in [5.41, 5.74) is 18.5. The molecule has 4 aromatic rings. The molecule has 0 saturated carbocycles. The van der Waals surface area contributed by atoms with E-state index in [-0.39, 0.29) is 38.0 Å². The van der Waals surface area contributed by atoms with Gasteiger partial charge in [0, 0.05) is 60.1 Å². The number of aromatic nitrogens is 5. The molecule has 472 valence electrons. The largest absolute Gasteiger partial charge is 0.490 e. The van der Waals surface area contributed by atoms with E-state index in [0.717, 1.165) is 10.9 Å². The van der Waals surface area contributed by atoms with E-state index in [1.807, 2.05) is 20.1 Å². The van der Waals surface area contributed by atoms with Crippen LogP contribution in [0.15, 0.2) is 55.5 Å². The van der Waals surface area contributed by atoms with E-state index in [1.54, 1.807) is 44.3 Å². The molecule has 0 bridgehead atoms. The molecule has 86 heavy (non-hydrogen) atoms. The van der Waals surface area contributed by atoms with Crippen molar-refractivity contribution in [2.45, 2.75) is 128 Å². The molecule has 30 nitrogen and oxygen atoms in total. The molecule has 0 saturated heterocycles. The molecule has 19 N–H and O–H groups in total. The van der Waals surface area contributed by atoms with E-state index in [2.05, 4.69) is 72.8 Å². The summed E-state index contributed by atoms with van der Waals surface area (Å²) in [5, 5.41) is 30.9. The van der Waals surface area contributed by atoms with Gasteiger partial charge in [-0.2, -0.15) is 24.9 Å². The Morgan fingerprint density at radius 2 is 1.13 bits per heavy atom. The van der Waals surface area contributed by atoms with Crippen molar-refractivity contribution in [2.24, 2.45) is 29.0 Å². The number of aliphatic carboxylic acids is 1. The zero-order valence-electron chi connectivity index (χ0n) is 47.8. The molecule has 1 aromatic carbocycles. The van der Waals surface area contributed by atoms with E-state index in [0.29, 0.717) is 22.7 Å². The fraction of sp³-hybridized carbons (Fsp3) is 0.500. The summed E-state index contributed by atoms with van der Waals surface area (Å²) in [7, 11) is 0. The Bertz CT molecular complexity index is 2960. The van der Waals surface area contributed by atoms with Crippen molar-refractivity contribution in [2.75, 3.05) is 25.1 Å². The summed E-state index contributed by atoms with van der Waals surface area (Å²) < 4.78 is 31.7. The topological polar surface area (TPSA) is 485 Å². The van der Waals surface area contributed by atoms with Crippen LogP contribution in [-0.2, 0) is 76.8 Å². The lowest BCUT2D eigenvalue weighted by molar-refractivity contribution is -0.192. The van der Waals surface area contributed by atoms with E-state index in [1.165, 1.54) is 43.7 Å². The molecule has 0 spiro atoms. The molecule has 0 aliphatic carbocycles. The fourth-order valence-corrected chi connectivity index (χ4v) is 8.54. The van der Waals surface area contributed by atoms with Crippen LogP contribution in [0.1, 0.15) is 70.8 Å². The predicted octanol–water partition coefficient (Wildman–Crippen LogP) is -2.94. The van der Waals surface area contributed by atoms with Crippen LogP contribution in [-0.4, -0.2) is 181 Å². The number of rotatable bonds is 33. The highest BCUT2D eigenvalue weighted by Crippen LogP contribution is 2.20. The van der Waals surface area contributed by atoms with Crippen molar-refractivity contribution < 1.29 is 75.8 Å². The number of fused-ring (bicyclic) bond motifs is 1. The molecule has 0 aliphatic rings. The van der Waals surface area contributed by atoms with E-state index in [4.69, 9.17) is 27.1 Å². The van der Waals surface area contributed by atoms with Gasteiger partial charge in [0.2, 0.25) is 65.0 Å². The third-order valence-corrected chi connectivity index (χ3v) is 13.1. The maximum Gasteiger partial charge on any atom is 0.490 e. The summed E-state index contributed by atoms with van der Waals surface area (Å²) in [4.78, 5) is 172. The Morgan fingerprint density at radius 3 is 1.63 bits per heavy atom. The van der Waals surface area contributed by atoms with E-state index in [9.17, 15) is 65.9 Å². The smallest absolute Gasteiger partial charge is 0.475 e. The second-order valence-corrected chi connectivity index (χ2v) is 21.3. The molecule has 11 amide bonds. The Morgan fingerprint density at radius 1 is 0.628 bits per heavy atom. The molecule has 0 radical (unpaired) electrons. The number of amides is 11. The molecule has 0 unspecified atom stereocenters. The van der Waals surface area contributed by atoms with Crippen LogP contribution in [0, 0.1) is 11.8 Å². The molecule has 8 atom stereocenters. The normalized spacial score (nSPS) is 14.0. The second kappa shape index (κ2) is 34.6. The maximum atomic E-state index is 14.3. The molecular weight excluding hydrogens is 1160 g/mol. The number of carbonyl (C=O) groups is 12. The van der Waals surface area contributed by atoms with Crippen molar-refractivity contribution in [1.29, 1.82) is 0 Å². The minimum absolute atomic E-state index is 0.0865. The monoisotopic (exact) mass is 1230 g/mol. The van der Waals surface area contributed by atoms with E-state index < -0.39 is 151 Å². The number of hydrogen-bond acceptors (Lipinski definition) is 16. The number of nitrogens with two attached hydrogens (primary N) is 3. The Hall–Kier alpha value is -9.08. The molecular formula is C52H74F3N17O13S. The van der Waals surface area contributed by atoms with Crippen LogP contribution in [0.2, 0.25) is 0 Å². The molecule has 34 heteroatoms. The quantitative estimate of drug-likeness (QED) is 0.0227. The number of halogens is 3. The first-order valence-electron chi connectivity index (χ1n) is 26.7. The van der Waals surface area contributed by atoms with Gasteiger partial charge in [0.1, 0.15) is 48.3 Å². The van der Waals surface area contributed by atoms with E-state index >= 15 is 0 Å². The lowest BCUT2D eigenvalue weighted by Crippen LogP contribution is -2.60. The van der Waals surface area contributed by atoms with Crippen LogP contribution < -0.4 is 65.1 Å². The summed E-state index contributed by atoms with van der Waals surface area (Å²) in [6.07, 6.45) is 3.34. The highest BCUT2D eigenvalue weighted by molar-refractivity contribution is 7.98. The number of alkyl halides is 3. The van der Waals surface area contributed by atoms with Gasteiger partial charge in [-0.25, -0.2) is 14.8 Å². The van der Waals surface area contributed by atoms with Crippen LogP contribution in [0.4, 0.5) is 13.2 Å². The first-order valence-corrected chi connectivity index (χ1v) is 28.1. The maximum absolute atomic E-state index is 14.3. The number of primary amides is 2. The number of hydrogen-bond donors (Lipinski definition) is 16. The third kappa shape index (κ3) is 24.3. The van der Waals surface area contributed by atoms with Gasteiger partial charge in [0.25, 0.3) is 0 Å². The van der Waals surface area contributed by atoms with Crippen molar-refractivity contribution in [3.8, 4) is 0 Å². The number of nitrogens with zero attached hydrogens (tertiary/aromatic N) is 2. The first-order chi connectivity index (χ1) is 40.4. The number of H-pyrrole nitrogens is 3. The van der Waals surface area contributed by atoms with Gasteiger partial charge >= 0.3 is 12.1 Å². The molecule has 0 aliphatic heterocycles. The Labute approximate surface area is 494 Å². The summed E-state index contributed by atoms with van der Waals surface area (Å²) in [6.45, 7) is 7.10. The number of carbonyl (C=O) groups excluding carboxylic acids is 11. The van der Waals surface area contributed by atoms with Gasteiger partial charge in [0.15, 0.2) is 0 Å². The summed E-state index contributed by atoms with van der Waals surface area (Å²) >= 11 is 1.46. The molecule has 3 aromatic heterocycles. The number of para-hydroxylation sites is 1. The van der Waals surface area contributed by atoms with Crippen molar-refractivity contribution in [3.63, 3.8) is 0 Å². The Balaban J connectivity index is 0.00000259. The number of carboxylic acids is 1. The van der Waals surface area contributed by atoms with Gasteiger partial charge in [0.05, 0.1) is 32.2 Å². The lowest BCUT2D eigenvalue weighted by Gasteiger charge is -2.27. The van der Waals surface area contributed by atoms with Gasteiger partial charge in [-0.05, 0) is 55.2 Å². The van der Waals surface area contributed by atoms with Gasteiger partial charge < -0.3 is 85.1 Å². The number of nitrogens with one attached hydrogen (secondary N) is 12. The highest BCUT2D eigenvalue weighted by atomic mass is 32.2. The predicted molar refractivity (Wildman–Crippen MR) is 304 cm³/mol. The average molecular weight is 1230 g/mol.